The van der Waals surface area contributed by atoms with Crippen molar-refractivity contribution in [3.05, 3.63) is 42.0 Å². The van der Waals surface area contributed by atoms with Gasteiger partial charge >= 0.3 is 6.18 Å². The predicted octanol–water partition coefficient (Wildman–Crippen LogP) is 2.67. The van der Waals surface area contributed by atoms with Gasteiger partial charge in [-0.15, -0.1) is 6.58 Å². The molecular formula is C16H21F3N2O2. The van der Waals surface area contributed by atoms with Crippen LogP contribution in [0.5, 0.6) is 5.75 Å². The average molecular weight is 330 g/mol. The first-order valence-corrected chi connectivity index (χ1v) is 7.29. The van der Waals surface area contributed by atoms with E-state index in [9.17, 15) is 18.0 Å². The number of allylic oxidation sites excluding steroid dienone is 1. The van der Waals surface area contributed by atoms with E-state index in [1.165, 1.54) is 18.2 Å². The van der Waals surface area contributed by atoms with Crippen LogP contribution in [0.4, 0.5) is 13.2 Å². The van der Waals surface area contributed by atoms with Crippen molar-refractivity contribution in [2.45, 2.75) is 25.4 Å². The summed E-state index contributed by atoms with van der Waals surface area (Å²) in [5, 5.41) is 2.62. The van der Waals surface area contributed by atoms with Gasteiger partial charge < -0.3 is 15.8 Å². The number of carbonyl (C=O) groups is 1. The molecule has 7 heteroatoms. The van der Waals surface area contributed by atoms with Crippen LogP contribution in [0.15, 0.2) is 30.9 Å². The van der Waals surface area contributed by atoms with Gasteiger partial charge in [-0.3, -0.25) is 4.79 Å². The topological polar surface area (TPSA) is 64.3 Å². The number of hydrogen-bond donors (Lipinski definition) is 2. The normalized spacial score (nSPS) is 11.1. The molecule has 0 aliphatic rings. The second-order valence-corrected chi connectivity index (χ2v) is 4.91. The van der Waals surface area contributed by atoms with Crippen molar-refractivity contribution in [2.24, 2.45) is 5.73 Å². The number of nitrogens with two attached hydrogens (primary N) is 1. The fourth-order valence-electron chi connectivity index (χ4n) is 2.01. The zero-order valence-corrected chi connectivity index (χ0v) is 12.8. The van der Waals surface area contributed by atoms with Crippen molar-refractivity contribution in [3.8, 4) is 5.75 Å². The Kier molecular flexibility index (Phi) is 7.61. The maximum atomic E-state index is 13.0. The first-order chi connectivity index (χ1) is 10.9. The van der Waals surface area contributed by atoms with E-state index in [0.29, 0.717) is 13.1 Å². The van der Waals surface area contributed by atoms with Crippen LogP contribution in [-0.4, -0.2) is 25.6 Å². The number of carbonyl (C=O) groups excluding carboxylic acids is 1. The number of halogens is 3. The zero-order chi connectivity index (χ0) is 17.3. The fourth-order valence-corrected chi connectivity index (χ4v) is 2.01. The summed E-state index contributed by atoms with van der Waals surface area (Å²) in [4.78, 5) is 11.6. The van der Waals surface area contributed by atoms with Crippen LogP contribution in [0.1, 0.15) is 24.0 Å². The molecule has 0 saturated carbocycles. The minimum absolute atomic E-state index is 0.00311. The lowest BCUT2D eigenvalue weighted by Crippen LogP contribution is -2.30. The molecule has 4 nitrogen and oxygen atoms in total. The van der Waals surface area contributed by atoms with Crippen LogP contribution in [0.25, 0.3) is 0 Å². The molecule has 0 unspecified atom stereocenters. The number of amides is 1. The molecule has 0 bridgehead atoms. The molecule has 0 spiro atoms. The molecule has 3 N–H and O–H groups in total. The summed E-state index contributed by atoms with van der Waals surface area (Å²) in [7, 11) is 0. The summed E-state index contributed by atoms with van der Waals surface area (Å²) < 4.78 is 44.3. The highest BCUT2D eigenvalue weighted by Gasteiger charge is 2.34. The summed E-state index contributed by atoms with van der Waals surface area (Å²) in [6.45, 7) is 4.12. The molecule has 1 rings (SSSR count). The number of rotatable bonds is 9. The molecule has 23 heavy (non-hydrogen) atoms. The third kappa shape index (κ3) is 6.32. The van der Waals surface area contributed by atoms with Gasteiger partial charge in [0.1, 0.15) is 5.75 Å². The molecule has 128 valence electrons. The van der Waals surface area contributed by atoms with Gasteiger partial charge in [0.15, 0.2) is 6.61 Å². The fraction of sp³-hybridized carbons (Fsp3) is 0.438. The van der Waals surface area contributed by atoms with Crippen LogP contribution in [0.3, 0.4) is 0 Å². The van der Waals surface area contributed by atoms with Crippen molar-refractivity contribution >= 4 is 5.91 Å². The van der Waals surface area contributed by atoms with Gasteiger partial charge in [-0.2, -0.15) is 13.2 Å². The van der Waals surface area contributed by atoms with E-state index in [1.807, 2.05) is 0 Å². The predicted molar refractivity (Wildman–Crippen MR) is 82.1 cm³/mol. The molecule has 1 amide bonds. The van der Waals surface area contributed by atoms with Crippen LogP contribution in [-0.2, 0) is 17.4 Å². The van der Waals surface area contributed by atoms with Crippen LogP contribution >= 0.6 is 0 Å². The molecule has 1 aromatic carbocycles. The van der Waals surface area contributed by atoms with Crippen molar-refractivity contribution in [1.29, 1.82) is 0 Å². The standard InChI is InChI=1S/C16H21F3N2O2/c1-2-6-12-13(16(17,18)19)7-5-8-14(12)23-11-15(22)21-10-4-3-9-20/h2,5,7-8H,1,3-4,6,9-11,20H2,(H,21,22). The Morgan fingerprint density at radius 3 is 2.70 bits per heavy atom. The molecule has 0 atom stereocenters. The van der Waals surface area contributed by atoms with Crippen molar-refractivity contribution < 1.29 is 22.7 Å². The van der Waals surface area contributed by atoms with Gasteiger partial charge in [-0.1, -0.05) is 12.1 Å². The Morgan fingerprint density at radius 1 is 1.35 bits per heavy atom. The largest absolute Gasteiger partial charge is 0.483 e. The minimum Gasteiger partial charge on any atom is -0.483 e. The van der Waals surface area contributed by atoms with E-state index in [-0.39, 0.29) is 30.2 Å². The van der Waals surface area contributed by atoms with E-state index in [4.69, 9.17) is 10.5 Å². The first kappa shape index (κ1) is 19.0. The average Bonchev–Trinajstić information content (AvgIpc) is 2.49. The van der Waals surface area contributed by atoms with E-state index >= 15 is 0 Å². The maximum Gasteiger partial charge on any atom is 0.416 e. The van der Waals surface area contributed by atoms with Crippen LogP contribution in [0, 0.1) is 0 Å². The van der Waals surface area contributed by atoms with Gasteiger partial charge in [0.2, 0.25) is 0 Å². The number of benzene rings is 1. The van der Waals surface area contributed by atoms with Crippen molar-refractivity contribution in [2.75, 3.05) is 19.7 Å². The first-order valence-electron chi connectivity index (χ1n) is 7.29. The molecule has 0 heterocycles. The summed E-state index contributed by atoms with van der Waals surface area (Å²) >= 11 is 0. The summed E-state index contributed by atoms with van der Waals surface area (Å²) in [5.74, 6) is -0.346. The Balaban J connectivity index is 2.72. The lowest BCUT2D eigenvalue weighted by molar-refractivity contribution is -0.138. The summed E-state index contributed by atoms with van der Waals surface area (Å²) in [6, 6.07) is 3.65. The van der Waals surface area contributed by atoms with E-state index in [1.54, 1.807) is 0 Å². The Hall–Kier alpha value is -2.02. The minimum atomic E-state index is -4.48. The van der Waals surface area contributed by atoms with E-state index in [0.717, 1.165) is 18.9 Å². The van der Waals surface area contributed by atoms with Crippen molar-refractivity contribution in [1.82, 2.24) is 5.32 Å². The summed E-state index contributed by atoms with van der Waals surface area (Å²) in [6.07, 6.45) is -1.58. The number of unbranched alkanes of at least 4 members (excludes halogenated alkanes) is 1. The van der Waals surface area contributed by atoms with Gasteiger partial charge in [0, 0.05) is 12.1 Å². The highest BCUT2D eigenvalue weighted by atomic mass is 19.4. The van der Waals surface area contributed by atoms with Gasteiger partial charge in [0.05, 0.1) is 5.56 Å². The molecule has 0 aliphatic carbocycles. The number of ether oxygens (including phenoxy) is 1. The molecule has 0 aromatic heterocycles. The van der Waals surface area contributed by atoms with Gasteiger partial charge in [-0.25, -0.2) is 0 Å². The molecule has 0 aliphatic heterocycles. The van der Waals surface area contributed by atoms with E-state index < -0.39 is 11.7 Å². The second kappa shape index (κ2) is 9.19. The SMILES string of the molecule is C=CCc1c(OCC(=O)NCCCCN)cccc1C(F)(F)F. The smallest absolute Gasteiger partial charge is 0.416 e. The van der Waals surface area contributed by atoms with Crippen molar-refractivity contribution in [3.63, 3.8) is 0 Å². The van der Waals surface area contributed by atoms with Crippen LogP contribution in [0.2, 0.25) is 0 Å². The molecule has 0 saturated heterocycles. The zero-order valence-electron chi connectivity index (χ0n) is 12.8. The van der Waals surface area contributed by atoms with Gasteiger partial charge in [0.25, 0.3) is 5.91 Å². The Morgan fingerprint density at radius 2 is 2.09 bits per heavy atom. The van der Waals surface area contributed by atoms with Crippen LogP contribution < -0.4 is 15.8 Å². The highest BCUT2D eigenvalue weighted by molar-refractivity contribution is 5.77. The lowest BCUT2D eigenvalue weighted by Gasteiger charge is -2.16. The monoisotopic (exact) mass is 330 g/mol. The quantitative estimate of drug-likeness (QED) is 0.540. The van der Waals surface area contributed by atoms with E-state index in [2.05, 4.69) is 11.9 Å². The third-order valence-electron chi connectivity index (χ3n) is 3.10. The molecular weight excluding hydrogens is 309 g/mol. The molecule has 0 radical (unpaired) electrons. The second-order valence-electron chi connectivity index (χ2n) is 4.91. The third-order valence-corrected chi connectivity index (χ3v) is 3.10. The Bertz CT molecular complexity index is 531. The molecule has 1 aromatic rings. The highest BCUT2D eigenvalue weighted by Crippen LogP contribution is 2.36. The number of nitrogens with one attached hydrogen (secondary N) is 1. The summed E-state index contributed by atoms with van der Waals surface area (Å²) in [5.41, 5.74) is 4.54. The molecule has 0 fully saturated rings. The van der Waals surface area contributed by atoms with Gasteiger partial charge in [-0.05, 0) is 37.9 Å². The lowest BCUT2D eigenvalue weighted by atomic mass is 10.0. The Labute approximate surface area is 133 Å². The number of alkyl halides is 3. The maximum absolute atomic E-state index is 13.0. The number of hydrogen-bond acceptors (Lipinski definition) is 3.